The van der Waals surface area contributed by atoms with Gasteiger partial charge in [0.1, 0.15) is 0 Å². The number of hydrogen-bond acceptors (Lipinski definition) is 2. The lowest BCUT2D eigenvalue weighted by molar-refractivity contribution is 0.105. The molecular formula is C16H23N3O. The van der Waals surface area contributed by atoms with Gasteiger partial charge >= 0.3 is 0 Å². The van der Waals surface area contributed by atoms with Gasteiger partial charge in [0.2, 0.25) is 0 Å². The average molecular weight is 273 g/mol. The van der Waals surface area contributed by atoms with Gasteiger partial charge in [-0.05, 0) is 37.3 Å². The van der Waals surface area contributed by atoms with Gasteiger partial charge in [-0.25, -0.2) is 0 Å². The summed E-state index contributed by atoms with van der Waals surface area (Å²) in [5.41, 5.74) is 2.70. The van der Waals surface area contributed by atoms with E-state index in [4.69, 9.17) is 4.74 Å². The SMILES string of the molecule is CN=C(NCCC1CCCO1)N1CCc2ccccc21. The Kier molecular flexibility index (Phi) is 4.21. The molecule has 2 aliphatic rings. The molecule has 2 aliphatic heterocycles. The fourth-order valence-corrected chi connectivity index (χ4v) is 3.07. The number of anilines is 1. The van der Waals surface area contributed by atoms with Crippen LogP contribution in [0.5, 0.6) is 0 Å². The fraction of sp³-hybridized carbons (Fsp3) is 0.562. The standard InChI is InChI=1S/C16H23N3O/c1-17-16(18-10-8-14-6-4-12-20-14)19-11-9-13-5-2-3-7-15(13)19/h2-3,5,7,14H,4,6,8-12H2,1H3,(H,17,18). The molecule has 1 fully saturated rings. The first-order chi connectivity index (χ1) is 9.88. The Balaban J connectivity index is 1.57. The molecule has 4 heteroatoms. The van der Waals surface area contributed by atoms with Crippen LogP contribution in [-0.4, -0.2) is 38.8 Å². The van der Waals surface area contributed by atoms with E-state index in [1.54, 1.807) is 0 Å². The third-order valence-electron chi connectivity index (χ3n) is 4.13. The lowest BCUT2D eigenvalue weighted by atomic mass is 10.2. The number of guanidine groups is 1. The fourth-order valence-electron chi connectivity index (χ4n) is 3.07. The van der Waals surface area contributed by atoms with Crippen molar-refractivity contribution in [3.63, 3.8) is 0 Å². The summed E-state index contributed by atoms with van der Waals surface area (Å²) in [6, 6.07) is 8.58. The van der Waals surface area contributed by atoms with Crippen molar-refractivity contribution >= 4 is 11.6 Å². The molecule has 1 unspecified atom stereocenters. The van der Waals surface area contributed by atoms with Gasteiger partial charge in [0.25, 0.3) is 0 Å². The van der Waals surface area contributed by atoms with E-state index in [1.807, 2.05) is 7.05 Å². The number of para-hydroxylation sites is 1. The van der Waals surface area contributed by atoms with Crippen LogP contribution in [0, 0.1) is 0 Å². The van der Waals surface area contributed by atoms with Crippen LogP contribution in [0.15, 0.2) is 29.3 Å². The molecule has 0 spiro atoms. The maximum atomic E-state index is 5.66. The lowest BCUT2D eigenvalue weighted by Gasteiger charge is -2.22. The summed E-state index contributed by atoms with van der Waals surface area (Å²) in [5, 5.41) is 3.48. The minimum absolute atomic E-state index is 0.437. The van der Waals surface area contributed by atoms with Crippen molar-refractivity contribution in [3.05, 3.63) is 29.8 Å². The zero-order chi connectivity index (χ0) is 13.8. The molecule has 0 radical (unpaired) electrons. The van der Waals surface area contributed by atoms with E-state index in [-0.39, 0.29) is 0 Å². The number of nitrogens with zero attached hydrogens (tertiary/aromatic N) is 2. The smallest absolute Gasteiger partial charge is 0.198 e. The molecule has 0 aromatic heterocycles. The van der Waals surface area contributed by atoms with Crippen LogP contribution in [0.3, 0.4) is 0 Å². The van der Waals surface area contributed by atoms with Crippen molar-refractivity contribution in [2.75, 3.05) is 31.6 Å². The maximum absolute atomic E-state index is 5.66. The molecule has 108 valence electrons. The third kappa shape index (κ3) is 2.80. The monoisotopic (exact) mass is 273 g/mol. The molecular weight excluding hydrogens is 250 g/mol. The van der Waals surface area contributed by atoms with Crippen molar-refractivity contribution in [2.45, 2.75) is 31.8 Å². The summed E-state index contributed by atoms with van der Waals surface area (Å²) in [6.07, 6.45) is 5.01. The number of fused-ring (bicyclic) bond motifs is 1. The first-order valence-electron chi connectivity index (χ1n) is 7.56. The van der Waals surface area contributed by atoms with Gasteiger partial charge in [-0.2, -0.15) is 0 Å². The first-order valence-corrected chi connectivity index (χ1v) is 7.56. The molecule has 4 nitrogen and oxygen atoms in total. The van der Waals surface area contributed by atoms with E-state index in [2.05, 4.69) is 39.5 Å². The van der Waals surface area contributed by atoms with E-state index in [9.17, 15) is 0 Å². The number of benzene rings is 1. The van der Waals surface area contributed by atoms with Gasteiger partial charge in [0.05, 0.1) is 6.10 Å². The molecule has 3 rings (SSSR count). The van der Waals surface area contributed by atoms with Gasteiger partial charge in [-0.3, -0.25) is 4.99 Å². The van der Waals surface area contributed by atoms with Crippen LogP contribution in [0.25, 0.3) is 0 Å². The molecule has 1 aromatic carbocycles. The number of rotatable bonds is 3. The zero-order valence-electron chi connectivity index (χ0n) is 12.1. The summed E-state index contributed by atoms with van der Waals surface area (Å²) in [5.74, 6) is 0.980. The molecule has 1 N–H and O–H groups in total. The minimum Gasteiger partial charge on any atom is -0.378 e. The Labute approximate surface area is 120 Å². The Bertz CT molecular complexity index is 480. The van der Waals surface area contributed by atoms with Crippen LogP contribution in [0.4, 0.5) is 5.69 Å². The third-order valence-corrected chi connectivity index (χ3v) is 4.13. The second-order valence-electron chi connectivity index (χ2n) is 5.43. The second kappa shape index (κ2) is 6.27. The molecule has 0 saturated carbocycles. The number of hydrogen-bond donors (Lipinski definition) is 1. The highest BCUT2D eigenvalue weighted by atomic mass is 16.5. The van der Waals surface area contributed by atoms with Gasteiger partial charge in [0, 0.05) is 32.4 Å². The zero-order valence-corrected chi connectivity index (χ0v) is 12.1. The van der Waals surface area contributed by atoms with Crippen molar-refractivity contribution in [1.29, 1.82) is 0 Å². The average Bonchev–Trinajstić information content (AvgIpc) is 3.13. The number of nitrogens with one attached hydrogen (secondary N) is 1. The van der Waals surface area contributed by atoms with Crippen molar-refractivity contribution in [3.8, 4) is 0 Å². The number of ether oxygens (including phenoxy) is 1. The molecule has 1 atom stereocenters. The molecule has 20 heavy (non-hydrogen) atoms. The summed E-state index contributed by atoms with van der Waals surface area (Å²) < 4.78 is 5.66. The lowest BCUT2D eigenvalue weighted by Crippen LogP contribution is -2.41. The van der Waals surface area contributed by atoms with Gasteiger partial charge in [-0.1, -0.05) is 18.2 Å². The molecule has 1 saturated heterocycles. The summed E-state index contributed by atoms with van der Waals surface area (Å²) in [7, 11) is 1.86. The quantitative estimate of drug-likeness (QED) is 0.677. The van der Waals surface area contributed by atoms with E-state index in [0.717, 1.165) is 38.5 Å². The predicted molar refractivity (Wildman–Crippen MR) is 82.4 cm³/mol. The highest BCUT2D eigenvalue weighted by Crippen LogP contribution is 2.27. The second-order valence-corrected chi connectivity index (χ2v) is 5.43. The van der Waals surface area contributed by atoms with Crippen LogP contribution >= 0.6 is 0 Å². The highest BCUT2D eigenvalue weighted by molar-refractivity contribution is 5.97. The van der Waals surface area contributed by atoms with Crippen LogP contribution in [0.1, 0.15) is 24.8 Å². The molecule has 0 bridgehead atoms. The molecule has 0 amide bonds. The van der Waals surface area contributed by atoms with E-state index in [1.165, 1.54) is 24.1 Å². The molecule has 1 aromatic rings. The Morgan fingerprint density at radius 2 is 2.35 bits per heavy atom. The first kappa shape index (κ1) is 13.4. The van der Waals surface area contributed by atoms with Crippen molar-refractivity contribution in [1.82, 2.24) is 5.32 Å². The Morgan fingerprint density at radius 3 is 3.15 bits per heavy atom. The summed E-state index contributed by atoms with van der Waals surface area (Å²) >= 11 is 0. The van der Waals surface area contributed by atoms with E-state index >= 15 is 0 Å². The van der Waals surface area contributed by atoms with Gasteiger partial charge in [-0.15, -0.1) is 0 Å². The van der Waals surface area contributed by atoms with Crippen molar-refractivity contribution < 1.29 is 4.74 Å². The topological polar surface area (TPSA) is 36.9 Å². The highest BCUT2D eigenvalue weighted by Gasteiger charge is 2.22. The van der Waals surface area contributed by atoms with Crippen LogP contribution < -0.4 is 10.2 Å². The van der Waals surface area contributed by atoms with Gasteiger partial charge in [0.15, 0.2) is 5.96 Å². The van der Waals surface area contributed by atoms with Crippen molar-refractivity contribution in [2.24, 2.45) is 4.99 Å². The molecule has 0 aliphatic carbocycles. The van der Waals surface area contributed by atoms with E-state index in [0.29, 0.717) is 6.10 Å². The largest absolute Gasteiger partial charge is 0.378 e. The summed E-state index contributed by atoms with van der Waals surface area (Å²) in [4.78, 5) is 6.71. The van der Waals surface area contributed by atoms with Crippen LogP contribution in [-0.2, 0) is 11.2 Å². The van der Waals surface area contributed by atoms with E-state index < -0.39 is 0 Å². The maximum Gasteiger partial charge on any atom is 0.198 e. The van der Waals surface area contributed by atoms with Gasteiger partial charge < -0.3 is 15.0 Å². The minimum atomic E-state index is 0.437. The summed E-state index contributed by atoms with van der Waals surface area (Å²) in [6.45, 7) is 2.87. The normalized spacial score (nSPS) is 22.1. The van der Waals surface area contributed by atoms with Crippen LogP contribution in [0.2, 0.25) is 0 Å². The Morgan fingerprint density at radius 1 is 1.45 bits per heavy atom. The number of aliphatic imine (C=N–C) groups is 1. The predicted octanol–water partition coefficient (Wildman–Crippen LogP) is 2.19. The molecule has 2 heterocycles. The Hall–Kier alpha value is -1.55.